The summed E-state index contributed by atoms with van der Waals surface area (Å²) in [4.78, 5) is 14.3. The molecule has 2 rings (SSSR count). The lowest BCUT2D eigenvalue weighted by Crippen LogP contribution is -2.40. The fraction of sp³-hybridized carbons (Fsp3) is 0.611. The zero-order valence-corrected chi connectivity index (χ0v) is 15.9. The van der Waals surface area contributed by atoms with Gasteiger partial charge in [-0.05, 0) is 55.9 Å². The lowest BCUT2D eigenvalue weighted by atomic mass is 9.99. The van der Waals surface area contributed by atoms with Gasteiger partial charge in [0.2, 0.25) is 15.9 Å². The summed E-state index contributed by atoms with van der Waals surface area (Å²) in [6, 6.07) is 5.58. The summed E-state index contributed by atoms with van der Waals surface area (Å²) in [5.41, 5.74) is 2.78. The number of rotatable bonds is 5. The number of amides is 1. The van der Waals surface area contributed by atoms with Gasteiger partial charge in [0.1, 0.15) is 0 Å². The third-order valence-electron chi connectivity index (χ3n) is 4.84. The lowest BCUT2D eigenvalue weighted by molar-refractivity contribution is -0.132. The summed E-state index contributed by atoms with van der Waals surface area (Å²) >= 11 is 0. The highest BCUT2D eigenvalue weighted by Crippen LogP contribution is 2.22. The Hall–Kier alpha value is -1.56. The van der Waals surface area contributed by atoms with Crippen LogP contribution in [0, 0.1) is 19.8 Å². The molecular formula is C18H28N2O3S. The van der Waals surface area contributed by atoms with Crippen LogP contribution in [-0.2, 0) is 14.8 Å². The number of likely N-dealkylation sites (tertiary alicyclic amines) is 1. The normalized spacial score (nSPS) is 16.2. The van der Waals surface area contributed by atoms with Crippen LogP contribution in [0.1, 0.15) is 37.3 Å². The molecule has 0 bridgehead atoms. The van der Waals surface area contributed by atoms with Gasteiger partial charge in [0.15, 0.2) is 0 Å². The van der Waals surface area contributed by atoms with Crippen LogP contribution in [-0.4, -0.2) is 45.1 Å². The SMILES string of the molecule is Cc1ccc(N(CCC(=O)N2CCC(C)CC2)S(C)(=O)=O)cc1C. The first kappa shape index (κ1) is 18.8. The molecule has 0 aromatic heterocycles. The Morgan fingerprint density at radius 2 is 1.83 bits per heavy atom. The summed E-state index contributed by atoms with van der Waals surface area (Å²) < 4.78 is 25.7. The zero-order chi connectivity index (χ0) is 17.9. The topological polar surface area (TPSA) is 57.7 Å². The maximum Gasteiger partial charge on any atom is 0.232 e. The van der Waals surface area contributed by atoms with Gasteiger partial charge >= 0.3 is 0 Å². The Kier molecular flexibility index (Phi) is 5.91. The molecular weight excluding hydrogens is 324 g/mol. The van der Waals surface area contributed by atoms with Gasteiger partial charge in [-0.3, -0.25) is 9.10 Å². The van der Waals surface area contributed by atoms with Crippen molar-refractivity contribution in [1.82, 2.24) is 4.90 Å². The van der Waals surface area contributed by atoms with E-state index in [0.29, 0.717) is 11.6 Å². The van der Waals surface area contributed by atoms with Gasteiger partial charge in [0.25, 0.3) is 0 Å². The van der Waals surface area contributed by atoms with Crippen LogP contribution in [0.3, 0.4) is 0 Å². The van der Waals surface area contributed by atoms with Crippen LogP contribution in [0.5, 0.6) is 0 Å². The minimum Gasteiger partial charge on any atom is -0.343 e. The first-order valence-corrected chi connectivity index (χ1v) is 10.4. The van der Waals surface area contributed by atoms with Crippen molar-refractivity contribution in [2.24, 2.45) is 5.92 Å². The smallest absolute Gasteiger partial charge is 0.232 e. The van der Waals surface area contributed by atoms with Gasteiger partial charge in [0.05, 0.1) is 11.9 Å². The number of sulfonamides is 1. The van der Waals surface area contributed by atoms with E-state index in [9.17, 15) is 13.2 Å². The minimum atomic E-state index is -3.42. The predicted molar refractivity (Wildman–Crippen MR) is 97.7 cm³/mol. The fourth-order valence-corrected chi connectivity index (χ4v) is 3.90. The van der Waals surface area contributed by atoms with E-state index in [4.69, 9.17) is 0 Å². The van der Waals surface area contributed by atoms with Crippen LogP contribution < -0.4 is 4.31 Å². The Morgan fingerprint density at radius 3 is 2.38 bits per heavy atom. The van der Waals surface area contributed by atoms with E-state index in [-0.39, 0.29) is 18.9 Å². The summed E-state index contributed by atoms with van der Waals surface area (Å²) in [6.45, 7) is 7.90. The van der Waals surface area contributed by atoms with Gasteiger partial charge in [-0.2, -0.15) is 0 Å². The number of benzene rings is 1. The highest BCUT2D eigenvalue weighted by molar-refractivity contribution is 7.92. The second-order valence-corrected chi connectivity index (χ2v) is 8.82. The van der Waals surface area contributed by atoms with Crippen LogP contribution in [0.4, 0.5) is 5.69 Å². The van der Waals surface area contributed by atoms with Crippen LogP contribution >= 0.6 is 0 Å². The van der Waals surface area contributed by atoms with Gasteiger partial charge in [0, 0.05) is 26.1 Å². The van der Waals surface area contributed by atoms with Crippen molar-refractivity contribution < 1.29 is 13.2 Å². The number of carbonyl (C=O) groups excluding carboxylic acids is 1. The van der Waals surface area contributed by atoms with Crippen molar-refractivity contribution in [3.05, 3.63) is 29.3 Å². The van der Waals surface area contributed by atoms with E-state index in [0.717, 1.165) is 37.1 Å². The number of piperidine rings is 1. The molecule has 1 saturated heterocycles. The summed E-state index contributed by atoms with van der Waals surface area (Å²) in [7, 11) is -3.42. The van der Waals surface area contributed by atoms with Crippen LogP contribution in [0.2, 0.25) is 0 Å². The zero-order valence-electron chi connectivity index (χ0n) is 15.1. The molecule has 1 fully saturated rings. The van der Waals surface area contributed by atoms with Gasteiger partial charge < -0.3 is 4.90 Å². The number of anilines is 1. The number of nitrogens with zero attached hydrogens (tertiary/aromatic N) is 2. The van der Waals surface area contributed by atoms with Crippen LogP contribution in [0.15, 0.2) is 18.2 Å². The third-order valence-corrected chi connectivity index (χ3v) is 6.04. The van der Waals surface area contributed by atoms with Gasteiger partial charge in [-0.25, -0.2) is 8.42 Å². The van der Waals surface area contributed by atoms with Crippen molar-refractivity contribution in [1.29, 1.82) is 0 Å². The monoisotopic (exact) mass is 352 g/mol. The molecule has 134 valence electrons. The Morgan fingerprint density at radius 1 is 1.21 bits per heavy atom. The molecule has 1 aromatic rings. The molecule has 0 atom stereocenters. The van der Waals surface area contributed by atoms with Crippen molar-refractivity contribution in [2.75, 3.05) is 30.2 Å². The van der Waals surface area contributed by atoms with E-state index < -0.39 is 10.0 Å². The lowest BCUT2D eigenvalue weighted by Gasteiger charge is -2.31. The first-order valence-electron chi connectivity index (χ1n) is 8.51. The Labute approximate surface area is 145 Å². The maximum atomic E-state index is 12.4. The highest BCUT2D eigenvalue weighted by atomic mass is 32.2. The van der Waals surface area contributed by atoms with E-state index >= 15 is 0 Å². The molecule has 0 spiro atoms. The molecule has 0 radical (unpaired) electrons. The summed E-state index contributed by atoms with van der Waals surface area (Å²) in [6.07, 6.45) is 3.46. The largest absolute Gasteiger partial charge is 0.343 e. The van der Waals surface area contributed by atoms with E-state index in [1.165, 1.54) is 10.6 Å². The van der Waals surface area contributed by atoms with Crippen molar-refractivity contribution in [2.45, 2.75) is 40.0 Å². The molecule has 1 amide bonds. The molecule has 0 unspecified atom stereocenters. The third kappa shape index (κ3) is 4.72. The van der Waals surface area contributed by atoms with E-state index in [1.54, 1.807) is 6.07 Å². The van der Waals surface area contributed by atoms with E-state index in [1.807, 2.05) is 30.9 Å². The number of hydrogen-bond donors (Lipinski definition) is 0. The average molecular weight is 353 g/mol. The molecule has 1 aromatic carbocycles. The average Bonchev–Trinajstić information content (AvgIpc) is 2.50. The summed E-state index contributed by atoms with van der Waals surface area (Å²) in [5.74, 6) is 0.705. The predicted octanol–water partition coefficient (Wildman–Crippen LogP) is 2.72. The van der Waals surface area contributed by atoms with E-state index in [2.05, 4.69) is 6.92 Å². The van der Waals surface area contributed by atoms with Crippen molar-refractivity contribution >= 4 is 21.6 Å². The molecule has 24 heavy (non-hydrogen) atoms. The second kappa shape index (κ2) is 7.55. The second-order valence-electron chi connectivity index (χ2n) is 6.92. The minimum absolute atomic E-state index is 0.0411. The summed E-state index contributed by atoms with van der Waals surface area (Å²) in [5, 5.41) is 0. The number of aryl methyl sites for hydroxylation is 2. The van der Waals surface area contributed by atoms with Gasteiger partial charge in [-0.15, -0.1) is 0 Å². The highest BCUT2D eigenvalue weighted by Gasteiger charge is 2.23. The molecule has 6 heteroatoms. The molecule has 0 aliphatic carbocycles. The number of carbonyl (C=O) groups is 1. The Balaban J connectivity index is 2.07. The molecule has 1 heterocycles. The molecule has 0 saturated carbocycles. The molecule has 0 N–H and O–H groups in total. The molecule has 1 aliphatic rings. The maximum absolute atomic E-state index is 12.4. The quantitative estimate of drug-likeness (QED) is 0.819. The van der Waals surface area contributed by atoms with Crippen LogP contribution in [0.25, 0.3) is 0 Å². The van der Waals surface area contributed by atoms with Gasteiger partial charge in [-0.1, -0.05) is 13.0 Å². The number of hydrogen-bond acceptors (Lipinski definition) is 3. The van der Waals surface area contributed by atoms with Crippen molar-refractivity contribution in [3.8, 4) is 0 Å². The Bertz CT molecular complexity index is 692. The standard InChI is InChI=1S/C18H28N2O3S/c1-14-7-10-19(11-8-14)18(21)9-12-20(24(4,22)23)17-6-5-15(2)16(3)13-17/h5-6,13-14H,7-12H2,1-4H3. The molecule has 1 aliphatic heterocycles. The first-order chi connectivity index (χ1) is 11.2. The van der Waals surface area contributed by atoms with Crippen molar-refractivity contribution in [3.63, 3.8) is 0 Å². The molecule has 5 nitrogen and oxygen atoms in total. The fourth-order valence-electron chi connectivity index (χ4n) is 2.98.